The quantitative estimate of drug-likeness (QED) is 0.625. The maximum absolute atomic E-state index is 9.78. The molecule has 12 heavy (non-hydrogen) atoms. The molecule has 0 radical (unpaired) electrons. The number of rotatable bonds is 3. The minimum absolute atomic E-state index is 0.238. The van der Waals surface area contributed by atoms with Crippen molar-refractivity contribution in [2.45, 2.75) is 38.4 Å². The first-order valence-electron chi connectivity index (χ1n) is 4.67. The Morgan fingerprint density at radius 3 is 2.42 bits per heavy atom. The summed E-state index contributed by atoms with van der Waals surface area (Å²) in [6.45, 7) is 2.68. The van der Waals surface area contributed by atoms with Gasteiger partial charge >= 0.3 is 0 Å². The zero-order valence-electron chi connectivity index (χ0n) is 7.62. The zero-order valence-corrected chi connectivity index (χ0v) is 7.62. The molecule has 1 aliphatic rings. The van der Waals surface area contributed by atoms with E-state index in [0.717, 1.165) is 12.8 Å². The lowest BCUT2D eigenvalue weighted by Crippen LogP contribution is -2.37. The summed E-state index contributed by atoms with van der Waals surface area (Å²) in [5.41, 5.74) is 0. The lowest BCUT2D eigenvalue weighted by Gasteiger charge is -2.34. The standard InChI is InChI=1S/C9H18O3/c1-2-12-9(11)5-3-8(7-10)4-6-9/h8,10-11H,2-7H2,1H3. The molecule has 0 heterocycles. The Balaban J connectivity index is 2.33. The molecule has 1 fully saturated rings. The zero-order chi connectivity index (χ0) is 9.03. The minimum Gasteiger partial charge on any atom is -0.396 e. The van der Waals surface area contributed by atoms with Gasteiger partial charge in [0.2, 0.25) is 0 Å². The van der Waals surface area contributed by atoms with Gasteiger partial charge in [0, 0.05) is 26.1 Å². The van der Waals surface area contributed by atoms with Crippen molar-refractivity contribution in [3.8, 4) is 0 Å². The summed E-state index contributed by atoms with van der Waals surface area (Å²) in [7, 11) is 0. The highest BCUT2D eigenvalue weighted by Gasteiger charge is 2.33. The van der Waals surface area contributed by atoms with Gasteiger partial charge in [0.25, 0.3) is 0 Å². The Labute approximate surface area is 73.4 Å². The Hall–Kier alpha value is -0.120. The molecule has 0 aromatic heterocycles. The molecule has 0 aliphatic heterocycles. The molecule has 0 saturated heterocycles. The van der Waals surface area contributed by atoms with Crippen molar-refractivity contribution in [2.75, 3.05) is 13.2 Å². The minimum atomic E-state index is -0.902. The van der Waals surface area contributed by atoms with E-state index in [4.69, 9.17) is 9.84 Å². The summed E-state index contributed by atoms with van der Waals surface area (Å²) in [6.07, 6.45) is 3.05. The molecule has 0 amide bonds. The number of hydrogen-bond acceptors (Lipinski definition) is 3. The fraction of sp³-hybridized carbons (Fsp3) is 1.00. The molecular formula is C9H18O3. The van der Waals surface area contributed by atoms with Crippen LogP contribution in [0.5, 0.6) is 0 Å². The van der Waals surface area contributed by atoms with Crippen LogP contribution >= 0.6 is 0 Å². The molecule has 2 N–H and O–H groups in total. The largest absolute Gasteiger partial charge is 0.396 e. The third-order valence-corrected chi connectivity index (χ3v) is 2.56. The number of aliphatic hydroxyl groups is 2. The SMILES string of the molecule is CCOC1(O)CCC(CO)CC1. The van der Waals surface area contributed by atoms with Crippen molar-refractivity contribution in [1.29, 1.82) is 0 Å². The molecule has 1 rings (SSSR count). The Bertz CT molecular complexity index is 128. The topological polar surface area (TPSA) is 49.7 Å². The van der Waals surface area contributed by atoms with Gasteiger partial charge in [0.15, 0.2) is 5.79 Å². The molecule has 1 aliphatic carbocycles. The molecule has 3 heteroatoms. The van der Waals surface area contributed by atoms with Gasteiger partial charge in [-0.2, -0.15) is 0 Å². The summed E-state index contributed by atoms with van der Waals surface area (Å²) < 4.78 is 5.24. The second-order valence-corrected chi connectivity index (χ2v) is 3.51. The molecule has 0 aromatic rings. The molecule has 1 saturated carbocycles. The fourth-order valence-corrected chi connectivity index (χ4v) is 1.72. The normalized spacial score (nSPS) is 36.8. The lowest BCUT2D eigenvalue weighted by molar-refractivity contribution is -0.223. The van der Waals surface area contributed by atoms with Crippen molar-refractivity contribution in [1.82, 2.24) is 0 Å². The van der Waals surface area contributed by atoms with Crippen molar-refractivity contribution in [2.24, 2.45) is 5.92 Å². The van der Waals surface area contributed by atoms with E-state index >= 15 is 0 Å². The van der Waals surface area contributed by atoms with Crippen LogP contribution in [0.15, 0.2) is 0 Å². The van der Waals surface area contributed by atoms with E-state index in [9.17, 15) is 5.11 Å². The molecule has 72 valence electrons. The Morgan fingerprint density at radius 2 is 2.00 bits per heavy atom. The third kappa shape index (κ3) is 2.44. The van der Waals surface area contributed by atoms with E-state index in [0.29, 0.717) is 25.4 Å². The van der Waals surface area contributed by atoms with Gasteiger partial charge in [-0.15, -0.1) is 0 Å². The van der Waals surface area contributed by atoms with E-state index in [1.807, 2.05) is 6.92 Å². The predicted octanol–water partition coefficient (Wildman–Crippen LogP) is 0.894. The summed E-state index contributed by atoms with van der Waals surface area (Å²) >= 11 is 0. The molecule has 0 unspecified atom stereocenters. The summed E-state index contributed by atoms with van der Waals surface area (Å²) in [5, 5.41) is 18.6. The van der Waals surface area contributed by atoms with Crippen LogP contribution in [0.2, 0.25) is 0 Å². The van der Waals surface area contributed by atoms with Crippen LogP contribution < -0.4 is 0 Å². The predicted molar refractivity (Wildman–Crippen MR) is 45.6 cm³/mol. The average Bonchev–Trinajstić information content (AvgIpc) is 2.06. The average molecular weight is 174 g/mol. The van der Waals surface area contributed by atoms with Gasteiger partial charge in [0.1, 0.15) is 0 Å². The molecule has 0 aromatic carbocycles. The first kappa shape index (κ1) is 9.96. The van der Waals surface area contributed by atoms with Crippen LogP contribution in [0.1, 0.15) is 32.6 Å². The highest BCUT2D eigenvalue weighted by molar-refractivity contribution is 4.77. The van der Waals surface area contributed by atoms with Crippen molar-refractivity contribution in [3.63, 3.8) is 0 Å². The highest BCUT2D eigenvalue weighted by Crippen LogP contribution is 2.32. The van der Waals surface area contributed by atoms with Crippen LogP contribution in [0.3, 0.4) is 0 Å². The number of aliphatic hydroxyl groups excluding tert-OH is 1. The Morgan fingerprint density at radius 1 is 1.42 bits per heavy atom. The van der Waals surface area contributed by atoms with Gasteiger partial charge < -0.3 is 14.9 Å². The maximum Gasteiger partial charge on any atom is 0.165 e. The highest BCUT2D eigenvalue weighted by atomic mass is 16.6. The van der Waals surface area contributed by atoms with E-state index in [1.165, 1.54) is 0 Å². The molecule has 3 nitrogen and oxygen atoms in total. The first-order chi connectivity index (χ1) is 5.70. The number of hydrogen-bond donors (Lipinski definition) is 2. The molecule has 0 spiro atoms. The second-order valence-electron chi connectivity index (χ2n) is 3.51. The third-order valence-electron chi connectivity index (χ3n) is 2.56. The van der Waals surface area contributed by atoms with Gasteiger partial charge in [0.05, 0.1) is 0 Å². The van der Waals surface area contributed by atoms with Gasteiger partial charge in [-0.25, -0.2) is 0 Å². The van der Waals surface area contributed by atoms with Crippen molar-refractivity contribution in [3.05, 3.63) is 0 Å². The molecular weight excluding hydrogens is 156 g/mol. The van der Waals surface area contributed by atoms with E-state index in [1.54, 1.807) is 0 Å². The van der Waals surface area contributed by atoms with E-state index in [2.05, 4.69) is 0 Å². The summed E-state index contributed by atoms with van der Waals surface area (Å²) in [5.74, 6) is -0.536. The molecule has 0 bridgehead atoms. The van der Waals surface area contributed by atoms with Gasteiger partial charge in [-0.05, 0) is 25.7 Å². The van der Waals surface area contributed by atoms with Crippen LogP contribution in [0.25, 0.3) is 0 Å². The Kier molecular flexibility index (Phi) is 3.50. The smallest absolute Gasteiger partial charge is 0.165 e. The fourth-order valence-electron chi connectivity index (χ4n) is 1.72. The van der Waals surface area contributed by atoms with Crippen molar-refractivity contribution < 1.29 is 14.9 Å². The van der Waals surface area contributed by atoms with E-state index in [-0.39, 0.29) is 6.61 Å². The maximum atomic E-state index is 9.78. The molecule has 0 atom stereocenters. The monoisotopic (exact) mass is 174 g/mol. The summed E-state index contributed by atoms with van der Waals surface area (Å²) in [6, 6.07) is 0. The number of ether oxygens (including phenoxy) is 1. The van der Waals surface area contributed by atoms with Crippen LogP contribution in [0, 0.1) is 5.92 Å². The lowest BCUT2D eigenvalue weighted by atomic mass is 9.86. The van der Waals surface area contributed by atoms with Crippen LogP contribution in [-0.2, 0) is 4.74 Å². The van der Waals surface area contributed by atoms with Crippen LogP contribution in [-0.4, -0.2) is 29.2 Å². The second kappa shape index (κ2) is 4.21. The van der Waals surface area contributed by atoms with Gasteiger partial charge in [-0.1, -0.05) is 0 Å². The van der Waals surface area contributed by atoms with Gasteiger partial charge in [-0.3, -0.25) is 0 Å². The van der Waals surface area contributed by atoms with Crippen molar-refractivity contribution >= 4 is 0 Å². The van der Waals surface area contributed by atoms with E-state index < -0.39 is 5.79 Å². The van der Waals surface area contributed by atoms with Crippen LogP contribution in [0.4, 0.5) is 0 Å². The summed E-state index contributed by atoms with van der Waals surface area (Å²) in [4.78, 5) is 0. The first-order valence-corrected chi connectivity index (χ1v) is 4.67.